The summed E-state index contributed by atoms with van der Waals surface area (Å²) in [6.45, 7) is 0. The molecule has 1 aliphatic rings. The second-order valence-corrected chi connectivity index (χ2v) is 8.90. The standard InChI is InChI=1S/C20H26N2O6S/c23-20(24)11-3-1-2-6-16-7-4-9-18(14-16)21-29(27,28)13-12-17-8-5-10-19(15-17)22(25)26/h2,5-6,8,10,14-16,21H,1,3-4,7,9,11-13H2,(H,23,24). The van der Waals surface area contributed by atoms with Crippen molar-refractivity contribution in [2.45, 2.75) is 44.9 Å². The molecule has 0 fully saturated rings. The van der Waals surface area contributed by atoms with Gasteiger partial charge in [-0.25, -0.2) is 8.42 Å². The summed E-state index contributed by atoms with van der Waals surface area (Å²) < 4.78 is 27.4. The first-order valence-electron chi connectivity index (χ1n) is 9.58. The molecule has 2 rings (SSSR count). The molecule has 0 amide bonds. The van der Waals surface area contributed by atoms with E-state index in [4.69, 9.17) is 5.11 Å². The molecule has 2 N–H and O–H groups in total. The summed E-state index contributed by atoms with van der Waals surface area (Å²) in [4.78, 5) is 20.8. The van der Waals surface area contributed by atoms with Gasteiger partial charge in [-0.2, -0.15) is 0 Å². The van der Waals surface area contributed by atoms with Crippen molar-refractivity contribution < 1.29 is 23.2 Å². The zero-order valence-electron chi connectivity index (χ0n) is 16.1. The Morgan fingerprint density at radius 1 is 1.38 bits per heavy atom. The molecule has 29 heavy (non-hydrogen) atoms. The highest BCUT2D eigenvalue weighted by Crippen LogP contribution is 2.23. The largest absolute Gasteiger partial charge is 0.481 e. The van der Waals surface area contributed by atoms with Gasteiger partial charge >= 0.3 is 5.97 Å². The Labute approximate surface area is 170 Å². The van der Waals surface area contributed by atoms with Crippen molar-refractivity contribution in [3.63, 3.8) is 0 Å². The molecule has 1 aliphatic carbocycles. The number of aryl methyl sites for hydroxylation is 1. The molecule has 0 saturated carbocycles. The minimum absolute atomic E-state index is 0.0548. The van der Waals surface area contributed by atoms with Crippen LogP contribution in [0.5, 0.6) is 0 Å². The van der Waals surface area contributed by atoms with Crippen LogP contribution < -0.4 is 4.72 Å². The lowest BCUT2D eigenvalue weighted by Crippen LogP contribution is -2.28. The van der Waals surface area contributed by atoms with Gasteiger partial charge in [-0.15, -0.1) is 0 Å². The molecule has 1 unspecified atom stereocenters. The van der Waals surface area contributed by atoms with E-state index in [0.29, 0.717) is 30.5 Å². The summed E-state index contributed by atoms with van der Waals surface area (Å²) in [6.07, 6.45) is 9.89. The summed E-state index contributed by atoms with van der Waals surface area (Å²) >= 11 is 0. The molecule has 9 heteroatoms. The number of nitrogens with one attached hydrogen (secondary N) is 1. The topological polar surface area (TPSA) is 127 Å². The zero-order chi connectivity index (χ0) is 21.3. The third-order valence-corrected chi connectivity index (χ3v) is 5.93. The lowest BCUT2D eigenvalue weighted by molar-refractivity contribution is -0.384. The first kappa shape index (κ1) is 22.6. The Hall–Kier alpha value is -2.68. The maximum atomic E-state index is 12.4. The lowest BCUT2D eigenvalue weighted by atomic mass is 9.93. The van der Waals surface area contributed by atoms with Crippen molar-refractivity contribution in [3.8, 4) is 0 Å². The Morgan fingerprint density at radius 2 is 2.17 bits per heavy atom. The Bertz CT molecular complexity index is 892. The summed E-state index contributed by atoms with van der Waals surface area (Å²) in [7, 11) is -3.55. The summed E-state index contributed by atoms with van der Waals surface area (Å²) in [5.74, 6) is -0.831. The van der Waals surface area contributed by atoms with Crippen LogP contribution in [0.15, 0.2) is 48.2 Å². The van der Waals surface area contributed by atoms with E-state index in [2.05, 4.69) is 4.72 Å². The molecule has 0 radical (unpaired) electrons. The van der Waals surface area contributed by atoms with Crippen LogP contribution in [0, 0.1) is 16.0 Å². The number of rotatable bonds is 11. The fourth-order valence-corrected chi connectivity index (χ4v) is 4.34. The van der Waals surface area contributed by atoms with Crippen molar-refractivity contribution in [2.24, 2.45) is 5.92 Å². The highest BCUT2D eigenvalue weighted by Gasteiger charge is 2.17. The van der Waals surface area contributed by atoms with E-state index in [0.717, 1.165) is 12.8 Å². The molecule has 1 aromatic rings. The number of hydrogen-bond donors (Lipinski definition) is 2. The molecular weight excluding hydrogens is 396 g/mol. The molecule has 158 valence electrons. The highest BCUT2D eigenvalue weighted by atomic mass is 32.2. The molecule has 0 spiro atoms. The zero-order valence-corrected chi connectivity index (χ0v) is 16.9. The molecule has 8 nitrogen and oxygen atoms in total. The lowest BCUT2D eigenvalue weighted by Gasteiger charge is -2.20. The average Bonchev–Trinajstić information content (AvgIpc) is 2.66. The number of unbranched alkanes of at least 4 members (excludes halogenated alkanes) is 1. The van der Waals surface area contributed by atoms with Crippen molar-refractivity contribution in [1.29, 1.82) is 0 Å². The van der Waals surface area contributed by atoms with Crippen LogP contribution >= 0.6 is 0 Å². The molecule has 0 aromatic heterocycles. The quantitative estimate of drug-likeness (QED) is 0.243. The third kappa shape index (κ3) is 8.47. The van der Waals surface area contributed by atoms with Crippen LogP contribution in [0.1, 0.15) is 44.1 Å². The molecule has 0 heterocycles. The van der Waals surface area contributed by atoms with Gasteiger partial charge in [0.25, 0.3) is 5.69 Å². The van der Waals surface area contributed by atoms with E-state index in [1.807, 2.05) is 18.2 Å². The SMILES string of the molecule is O=C(O)CCCC=CC1C=C(NS(=O)(=O)CCc2cccc([N+](=O)[O-])c2)CCC1. The second-order valence-electron chi connectivity index (χ2n) is 7.06. The Balaban J connectivity index is 1.88. The molecule has 0 aliphatic heterocycles. The van der Waals surface area contributed by atoms with Crippen LogP contribution in [0.25, 0.3) is 0 Å². The van der Waals surface area contributed by atoms with Crippen molar-refractivity contribution in [2.75, 3.05) is 5.75 Å². The van der Waals surface area contributed by atoms with E-state index < -0.39 is 20.9 Å². The molecule has 1 aromatic carbocycles. The van der Waals surface area contributed by atoms with Gasteiger partial charge in [-0.1, -0.05) is 30.4 Å². The number of carboxylic acids is 1. The Morgan fingerprint density at radius 3 is 2.90 bits per heavy atom. The Kier molecular flexibility index (Phi) is 8.38. The number of allylic oxidation sites excluding steroid dienone is 4. The first-order chi connectivity index (χ1) is 13.7. The van der Waals surface area contributed by atoms with Crippen LogP contribution in [0.3, 0.4) is 0 Å². The number of nitro benzene ring substituents is 1. The van der Waals surface area contributed by atoms with E-state index in [1.165, 1.54) is 12.1 Å². The van der Waals surface area contributed by atoms with Crippen LogP contribution in [-0.2, 0) is 21.2 Å². The number of carbonyl (C=O) groups is 1. The molecular formula is C20H26N2O6S. The highest BCUT2D eigenvalue weighted by molar-refractivity contribution is 7.89. The number of non-ortho nitro benzene ring substituents is 1. The molecule has 0 saturated heterocycles. The number of aliphatic carboxylic acids is 1. The van der Waals surface area contributed by atoms with Gasteiger partial charge in [0.15, 0.2) is 0 Å². The number of hydrogen-bond acceptors (Lipinski definition) is 5. The van der Waals surface area contributed by atoms with Gasteiger partial charge in [0.05, 0.1) is 10.7 Å². The van der Waals surface area contributed by atoms with Gasteiger partial charge in [0.1, 0.15) is 0 Å². The van der Waals surface area contributed by atoms with Crippen LogP contribution in [0.2, 0.25) is 0 Å². The summed E-state index contributed by atoms with van der Waals surface area (Å²) in [5, 5.41) is 19.5. The van der Waals surface area contributed by atoms with E-state index in [9.17, 15) is 23.3 Å². The van der Waals surface area contributed by atoms with Gasteiger partial charge in [-0.05, 0) is 50.0 Å². The van der Waals surface area contributed by atoms with Crippen molar-refractivity contribution in [1.82, 2.24) is 4.72 Å². The predicted octanol–water partition coefficient (Wildman–Crippen LogP) is 3.55. The van der Waals surface area contributed by atoms with E-state index >= 15 is 0 Å². The third-order valence-electron chi connectivity index (χ3n) is 4.61. The summed E-state index contributed by atoms with van der Waals surface area (Å²) in [5.41, 5.74) is 1.21. The van der Waals surface area contributed by atoms with Crippen molar-refractivity contribution in [3.05, 3.63) is 63.9 Å². The minimum Gasteiger partial charge on any atom is -0.481 e. The maximum Gasteiger partial charge on any atom is 0.303 e. The van der Waals surface area contributed by atoms with Gasteiger partial charge < -0.3 is 5.11 Å². The van der Waals surface area contributed by atoms with E-state index in [-0.39, 0.29) is 30.2 Å². The number of nitro groups is 1. The van der Waals surface area contributed by atoms with Crippen LogP contribution in [0.4, 0.5) is 5.69 Å². The normalized spacial score (nSPS) is 17.1. The van der Waals surface area contributed by atoms with Gasteiger partial charge in [0, 0.05) is 24.3 Å². The van der Waals surface area contributed by atoms with E-state index in [1.54, 1.807) is 12.1 Å². The second kappa shape index (κ2) is 10.8. The molecule has 0 bridgehead atoms. The van der Waals surface area contributed by atoms with Crippen molar-refractivity contribution >= 4 is 21.7 Å². The van der Waals surface area contributed by atoms with Gasteiger partial charge in [0.2, 0.25) is 10.0 Å². The van der Waals surface area contributed by atoms with Gasteiger partial charge in [-0.3, -0.25) is 19.6 Å². The predicted molar refractivity (Wildman–Crippen MR) is 110 cm³/mol. The average molecular weight is 423 g/mol. The number of sulfonamides is 1. The minimum atomic E-state index is -3.55. The fourth-order valence-electron chi connectivity index (χ4n) is 3.16. The fraction of sp³-hybridized carbons (Fsp3) is 0.450. The van der Waals surface area contributed by atoms with Crippen LogP contribution in [-0.4, -0.2) is 30.2 Å². The molecule has 1 atom stereocenters. The summed E-state index contributed by atoms with van der Waals surface area (Å²) in [6, 6.07) is 5.98. The monoisotopic (exact) mass is 422 g/mol. The smallest absolute Gasteiger partial charge is 0.303 e. The maximum absolute atomic E-state index is 12.4. The number of benzene rings is 1. The number of carboxylic acid groups (broad SMARTS) is 1. The first-order valence-corrected chi connectivity index (χ1v) is 11.2. The number of nitrogens with zero attached hydrogens (tertiary/aromatic N) is 1.